The average Bonchev–Trinajstić information content (AvgIpc) is 2.75. The Morgan fingerprint density at radius 2 is 1.59 bits per heavy atom. The van der Waals surface area contributed by atoms with E-state index < -0.39 is 61.1 Å². The molecule has 0 saturated carbocycles. The van der Waals surface area contributed by atoms with Gasteiger partial charge in [-0.25, -0.2) is 0 Å². The average molecular weight is 450 g/mol. The minimum Gasteiger partial charge on any atom is -0.508 e. The van der Waals surface area contributed by atoms with Crippen LogP contribution in [0.1, 0.15) is 22.0 Å². The predicted molar refractivity (Wildman–Crippen MR) is 104 cm³/mol. The van der Waals surface area contributed by atoms with Crippen molar-refractivity contribution in [2.45, 2.75) is 42.9 Å². The number of fused-ring (bicyclic) bond motifs is 1. The second kappa shape index (κ2) is 8.54. The Morgan fingerprint density at radius 1 is 0.906 bits per heavy atom. The normalized spacial score (nSPS) is 32.2. The zero-order chi connectivity index (χ0) is 23.2. The first-order valence-corrected chi connectivity index (χ1v) is 9.73. The Bertz CT molecular complexity index is 990. The summed E-state index contributed by atoms with van der Waals surface area (Å²) in [5, 5.41) is 69.2. The third-order valence-corrected chi connectivity index (χ3v) is 5.45. The van der Waals surface area contributed by atoms with E-state index in [4.69, 9.17) is 14.2 Å². The molecule has 2 aromatic carbocycles. The van der Waals surface area contributed by atoms with E-state index in [1.54, 1.807) is 0 Å². The Morgan fingerprint density at radius 3 is 2.25 bits per heavy atom. The van der Waals surface area contributed by atoms with Crippen LogP contribution in [0.25, 0.3) is 0 Å². The number of rotatable bonds is 4. The molecule has 1 fully saturated rings. The smallest absolute Gasteiger partial charge is 0.203 e. The van der Waals surface area contributed by atoms with E-state index in [1.807, 2.05) is 0 Å². The van der Waals surface area contributed by atoms with Crippen molar-refractivity contribution in [3.05, 3.63) is 47.5 Å². The summed E-state index contributed by atoms with van der Waals surface area (Å²) in [7, 11) is 0. The fourth-order valence-electron chi connectivity index (χ4n) is 3.77. The highest BCUT2D eigenvalue weighted by Crippen LogP contribution is 2.43. The Hall–Kier alpha value is -2.93. The molecule has 4 rings (SSSR count). The summed E-state index contributed by atoms with van der Waals surface area (Å²) in [6, 6.07) is 7.72. The molecule has 2 aliphatic heterocycles. The first-order chi connectivity index (χ1) is 15.2. The minimum absolute atomic E-state index is 0.0435. The predicted octanol–water partition coefficient (Wildman–Crippen LogP) is -0.695. The van der Waals surface area contributed by atoms with Crippen molar-refractivity contribution < 1.29 is 54.8 Å². The van der Waals surface area contributed by atoms with Crippen LogP contribution in [0.4, 0.5) is 0 Å². The van der Waals surface area contributed by atoms with E-state index in [2.05, 4.69) is 0 Å². The van der Waals surface area contributed by atoms with E-state index in [0.29, 0.717) is 5.56 Å². The SMILES string of the molecule is O=C1c2c(O)cc(O)cc2OC(c2ccc(O)cc2)C1O[C@@H]1O[C@H](CO)[C@@H](O)[C@H](O)[C@H]1O. The number of aromatic hydroxyl groups is 3. The maximum atomic E-state index is 13.3. The lowest BCUT2D eigenvalue weighted by Gasteiger charge is -2.42. The molecule has 2 heterocycles. The molecule has 0 bridgehead atoms. The zero-order valence-electron chi connectivity index (χ0n) is 16.5. The summed E-state index contributed by atoms with van der Waals surface area (Å²) in [5.74, 6) is -1.82. The summed E-state index contributed by atoms with van der Waals surface area (Å²) in [4.78, 5) is 13.3. The number of hydrogen-bond donors (Lipinski definition) is 7. The summed E-state index contributed by atoms with van der Waals surface area (Å²) in [6.45, 7) is -0.690. The monoisotopic (exact) mass is 450 g/mol. The standard InChI is InChI=1S/C21H22O11/c22-7-13-15(26)17(28)18(29)21(31-13)32-20-16(27)14-11(25)5-10(24)6-12(14)30-19(20)8-1-3-9(23)4-2-8/h1-6,13,15,17-26,28-29H,7H2/t13-,15-,17+,18-,19?,20?,21+/m1/s1. The van der Waals surface area contributed by atoms with Gasteiger partial charge in [-0.15, -0.1) is 0 Å². The van der Waals surface area contributed by atoms with Crippen molar-refractivity contribution in [1.82, 2.24) is 0 Å². The lowest BCUT2D eigenvalue weighted by Crippen LogP contribution is -2.60. The van der Waals surface area contributed by atoms with Crippen LogP contribution in [0.15, 0.2) is 36.4 Å². The molecule has 7 atom stereocenters. The molecule has 7 N–H and O–H groups in total. The summed E-state index contributed by atoms with van der Waals surface area (Å²) >= 11 is 0. The zero-order valence-corrected chi connectivity index (χ0v) is 16.5. The quantitative estimate of drug-likeness (QED) is 0.312. The molecule has 0 spiro atoms. The second-order valence-electron chi connectivity index (χ2n) is 7.59. The molecular weight excluding hydrogens is 428 g/mol. The summed E-state index contributed by atoms with van der Waals surface area (Å²) < 4.78 is 16.9. The number of Topliss-reactive ketones (excluding diaryl/α,β-unsaturated/α-hetero) is 1. The number of aliphatic hydroxyl groups excluding tert-OH is 4. The van der Waals surface area contributed by atoms with Gasteiger partial charge in [-0.1, -0.05) is 12.1 Å². The highest BCUT2D eigenvalue weighted by Gasteiger charge is 2.49. The van der Waals surface area contributed by atoms with Crippen LogP contribution in [0.2, 0.25) is 0 Å². The maximum Gasteiger partial charge on any atom is 0.203 e. The van der Waals surface area contributed by atoms with Gasteiger partial charge in [0.25, 0.3) is 0 Å². The molecule has 0 radical (unpaired) electrons. The number of benzene rings is 2. The number of aliphatic hydroxyl groups is 4. The van der Waals surface area contributed by atoms with Crippen LogP contribution >= 0.6 is 0 Å². The van der Waals surface area contributed by atoms with Gasteiger partial charge in [0.15, 0.2) is 18.5 Å². The molecule has 0 aromatic heterocycles. The fraction of sp³-hybridized carbons (Fsp3) is 0.381. The molecule has 172 valence electrons. The van der Waals surface area contributed by atoms with Crippen LogP contribution in [-0.2, 0) is 9.47 Å². The van der Waals surface area contributed by atoms with Crippen molar-refractivity contribution >= 4 is 5.78 Å². The number of hydrogen-bond acceptors (Lipinski definition) is 11. The molecule has 11 heteroatoms. The summed E-state index contributed by atoms with van der Waals surface area (Å²) in [5.41, 5.74) is 0.103. The number of phenolic OH excluding ortho intramolecular Hbond substituents is 3. The first kappa shape index (κ1) is 22.3. The van der Waals surface area contributed by atoms with E-state index in [9.17, 15) is 40.5 Å². The number of carbonyl (C=O) groups excluding carboxylic acids is 1. The third-order valence-electron chi connectivity index (χ3n) is 5.45. The van der Waals surface area contributed by atoms with Gasteiger partial charge in [-0.2, -0.15) is 0 Å². The molecule has 2 unspecified atom stereocenters. The molecule has 0 aliphatic carbocycles. The molecular formula is C21H22O11. The highest BCUT2D eigenvalue weighted by atomic mass is 16.7. The highest BCUT2D eigenvalue weighted by molar-refractivity contribution is 6.05. The van der Waals surface area contributed by atoms with Gasteiger partial charge >= 0.3 is 0 Å². The third kappa shape index (κ3) is 3.86. The molecule has 2 aliphatic rings. The van der Waals surface area contributed by atoms with Gasteiger partial charge in [0.2, 0.25) is 5.78 Å². The van der Waals surface area contributed by atoms with Crippen LogP contribution in [0, 0.1) is 0 Å². The number of phenols is 3. The van der Waals surface area contributed by atoms with Crippen molar-refractivity contribution in [2.75, 3.05) is 6.61 Å². The Balaban J connectivity index is 1.72. The number of ether oxygens (including phenoxy) is 3. The largest absolute Gasteiger partial charge is 0.508 e. The van der Waals surface area contributed by atoms with Crippen LogP contribution in [0.3, 0.4) is 0 Å². The lowest BCUT2D eigenvalue weighted by molar-refractivity contribution is -0.311. The summed E-state index contributed by atoms with van der Waals surface area (Å²) in [6.07, 6.45) is -10.7. The Kier molecular flexibility index (Phi) is 5.95. The van der Waals surface area contributed by atoms with E-state index >= 15 is 0 Å². The minimum atomic E-state index is -1.77. The molecule has 1 saturated heterocycles. The van der Waals surface area contributed by atoms with Crippen molar-refractivity contribution in [2.24, 2.45) is 0 Å². The maximum absolute atomic E-state index is 13.3. The van der Waals surface area contributed by atoms with Crippen LogP contribution < -0.4 is 4.74 Å². The second-order valence-corrected chi connectivity index (χ2v) is 7.59. The van der Waals surface area contributed by atoms with Gasteiger partial charge in [0.1, 0.15) is 53.0 Å². The topological polar surface area (TPSA) is 186 Å². The number of ketones is 1. The van der Waals surface area contributed by atoms with Crippen LogP contribution in [-0.4, -0.2) is 84.9 Å². The van der Waals surface area contributed by atoms with Gasteiger partial charge in [0, 0.05) is 12.1 Å². The molecule has 11 nitrogen and oxygen atoms in total. The number of carbonyl (C=O) groups is 1. The van der Waals surface area contributed by atoms with Crippen molar-refractivity contribution in [3.8, 4) is 23.0 Å². The van der Waals surface area contributed by atoms with Crippen LogP contribution in [0.5, 0.6) is 23.0 Å². The molecule has 0 amide bonds. The Labute approximate surface area is 181 Å². The van der Waals surface area contributed by atoms with Gasteiger partial charge in [-0.3, -0.25) is 4.79 Å². The van der Waals surface area contributed by atoms with Crippen molar-refractivity contribution in [3.63, 3.8) is 0 Å². The van der Waals surface area contributed by atoms with E-state index in [1.165, 1.54) is 24.3 Å². The lowest BCUT2D eigenvalue weighted by atomic mass is 9.92. The van der Waals surface area contributed by atoms with E-state index in [-0.39, 0.29) is 22.8 Å². The van der Waals surface area contributed by atoms with Crippen molar-refractivity contribution in [1.29, 1.82) is 0 Å². The molecule has 32 heavy (non-hydrogen) atoms. The van der Waals surface area contributed by atoms with Gasteiger partial charge in [0.05, 0.1) is 6.61 Å². The fourth-order valence-corrected chi connectivity index (χ4v) is 3.77. The van der Waals surface area contributed by atoms with Gasteiger partial charge in [-0.05, 0) is 17.7 Å². The molecule has 2 aromatic rings. The first-order valence-electron chi connectivity index (χ1n) is 9.73. The van der Waals surface area contributed by atoms with E-state index in [0.717, 1.165) is 12.1 Å². The van der Waals surface area contributed by atoms with Gasteiger partial charge < -0.3 is 50.0 Å².